The summed E-state index contributed by atoms with van der Waals surface area (Å²) in [7, 11) is 3.26. The van der Waals surface area contributed by atoms with E-state index in [-0.39, 0.29) is 17.2 Å². The molecular formula is C21H25N3O5. The number of amides is 1. The highest BCUT2D eigenvalue weighted by Gasteiger charge is 2.24. The lowest BCUT2D eigenvalue weighted by Crippen LogP contribution is -2.36. The molecule has 1 aliphatic heterocycles. The molecule has 0 N–H and O–H groups in total. The Balaban J connectivity index is 1.84. The molecule has 2 aromatic carbocycles. The summed E-state index contributed by atoms with van der Waals surface area (Å²) in [6.45, 7) is 4.53. The van der Waals surface area contributed by atoms with Crippen molar-refractivity contribution >= 4 is 17.3 Å². The molecule has 1 fully saturated rings. The summed E-state index contributed by atoms with van der Waals surface area (Å²) < 4.78 is 10.7. The van der Waals surface area contributed by atoms with Gasteiger partial charge in [0.1, 0.15) is 11.4 Å². The smallest absolute Gasteiger partial charge is 0.293 e. The maximum absolute atomic E-state index is 12.9. The van der Waals surface area contributed by atoms with Crippen molar-refractivity contribution in [3.05, 3.63) is 63.2 Å². The monoisotopic (exact) mass is 399 g/mol. The van der Waals surface area contributed by atoms with E-state index < -0.39 is 4.92 Å². The Hall–Kier alpha value is -3.13. The second-order valence-electron chi connectivity index (χ2n) is 7.04. The first kappa shape index (κ1) is 20.6. The molecule has 0 unspecified atom stereocenters. The van der Waals surface area contributed by atoms with E-state index in [1.165, 1.54) is 11.0 Å². The van der Waals surface area contributed by atoms with Gasteiger partial charge >= 0.3 is 0 Å². The zero-order valence-electron chi connectivity index (χ0n) is 16.9. The molecule has 154 valence electrons. The fourth-order valence-electron chi connectivity index (χ4n) is 3.45. The van der Waals surface area contributed by atoms with E-state index in [1.54, 1.807) is 26.3 Å². The molecule has 0 saturated carbocycles. The van der Waals surface area contributed by atoms with Gasteiger partial charge < -0.3 is 19.3 Å². The Kier molecular flexibility index (Phi) is 6.33. The van der Waals surface area contributed by atoms with Gasteiger partial charge in [-0.25, -0.2) is 0 Å². The molecule has 0 radical (unpaired) electrons. The predicted molar refractivity (Wildman–Crippen MR) is 110 cm³/mol. The first-order chi connectivity index (χ1) is 13.9. The minimum absolute atomic E-state index is 0.0701. The van der Waals surface area contributed by atoms with E-state index >= 15 is 0 Å². The molecule has 1 heterocycles. The fourth-order valence-corrected chi connectivity index (χ4v) is 3.45. The van der Waals surface area contributed by atoms with E-state index in [4.69, 9.17) is 9.47 Å². The van der Waals surface area contributed by atoms with E-state index in [0.29, 0.717) is 44.3 Å². The predicted octanol–water partition coefficient (Wildman–Crippen LogP) is 3.02. The van der Waals surface area contributed by atoms with E-state index in [0.717, 1.165) is 11.1 Å². The number of hydrogen-bond acceptors (Lipinski definition) is 6. The summed E-state index contributed by atoms with van der Waals surface area (Å²) >= 11 is 0. The van der Waals surface area contributed by atoms with Crippen LogP contribution in [0.25, 0.3) is 0 Å². The number of aryl methyl sites for hydroxylation is 1. The standard InChI is InChI=1S/C21H25N3O5/c1-15-4-7-20(28-3)17(12-15)14-22(2)21(25)16-5-6-18(19(13-16)24(26)27)23-8-10-29-11-9-23/h4-7,12-13H,8-11,14H2,1-3H3. The van der Waals surface area contributed by atoms with Crippen molar-refractivity contribution in [2.45, 2.75) is 13.5 Å². The van der Waals surface area contributed by atoms with Crippen LogP contribution in [0.3, 0.4) is 0 Å². The van der Waals surface area contributed by atoms with Crippen molar-refractivity contribution in [2.24, 2.45) is 0 Å². The van der Waals surface area contributed by atoms with Gasteiger partial charge in [0.2, 0.25) is 0 Å². The second-order valence-corrected chi connectivity index (χ2v) is 7.04. The van der Waals surface area contributed by atoms with Crippen LogP contribution in [-0.2, 0) is 11.3 Å². The Bertz CT molecular complexity index is 909. The van der Waals surface area contributed by atoms with Crippen molar-refractivity contribution in [3.63, 3.8) is 0 Å². The number of carbonyl (C=O) groups is 1. The van der Waals surface area contributed by atoms with Crippen molar-refractivity contribution in [1.82, 2.24) is 4.90 Å². The van der Waals surface area contributed by atoms with Crippen LogP contribution in [-0.4, -0.2) is 56.2 Å². The number of nitrogens with zero attached hydrogens (tertiary/aromatic N) is 3. The quantitative estimate of drug-likeness (QED) is 0.548. The molecule has 0 bridgehead atoms. The third-order valence-electron chi connectivity index (χ3n) is 4.96. The average Bonchev–Trinajstić information content (AvgIpc) is 2.73. The molecule has 2 aromatic rings. The number of hydrogen-bond donors (Lipinski definition) is 0. The first-order valence-electron chi connectivity index (χ1n) is 9.41. The number of anilines is 1. The number of benzene rings is 2. The summed E-state index contributed by atoms with van der Waals surface area (Å²) in [5, 5.41) is 11.6. The molecule has 0 aromatic heterocycles. The number of ether oxygens (including phenoxy) is 2. The van der Waals surface area contributed by atoms with Crippen LogP contribution >= 0.6 is 0 Å². The highest BCUT2D eigenvalue weighted by molar-refractivity contribution is 5.95. The number of rotatable bonds is 6. The van der Waals surface area contributed by atoms with Crippen molar-refractivity contribution < 1.29 is 19.2 Å². The first-order valence-corrected chi connectivity index (χ1v) is 9.41. The maximum atomic E-state index is 12.9. The molecule has 0 aliphatic carbocycles. The molecule has 8 nitrogen and oxygen atoms in total. The molecule has 1 saturated heterocycles. The van der Waals surface area contributed by atoms with Crippen molar-refractivity contribution in [1.29, 1.82) is 0 Å². The number of nitro benzene ring substituents is 1. The Morgan fingerprint density at radius 2 is 1.97 bits per heavy atom. The van der Waals surface area contributed by atoms with Gasteiger partial charge in [-0.2, -0.15) is 0 Å². The topological polar surface area (TPSA) is 85.2 Å². The zero-order chi connectivity index (χ0) is 21.0. The Labute approximate surface area is 169 Å². The molecule has 8 heteroatoms. The van der Waals surface area contributed by atoms with Crippen LogP contribution in [0.1, 0.15) is 21.5 Å². The lowest BCUT2D eigenvalue weighted by molar-refractivity contribution is -0.384. The summed E-state index contributed by atoms with van der Waals surface area (Å²) in [6, 6.07) is 10.4. The highest BCUT2D eigenvalue weighted by atomic mass is 16.6. The van der Waals surface area contributed by atoms with Gasteiger partial charge in [0.25, 0.3) is 11.6 Å². The maximum Gasteiger partial charge on any atom is 0.293 e. The molecule has 29 heavy (non-hydrogen) atoms. The normalized spacial score (nSPS) is 13.8. The van der Waals surface area contributed by atoms with Gasteiger partial charge in [0.15, 0.2) is 0 Å². The molecule has 3 rings (SSSR count). The molecule has 0 atom stereocenters. The largest absolute Gasteiger partial charge is 0.496 e. The molecule has 1 amide bonds. The third-order valence-corrected chi connectivity index (χ3v) is 4.96. The van der Waals surface area contributed by atoms with Gasteiger partial charge in [-0.3, -0.25) is 14.9 Å². The summed E-state index contributed by atoms with van der Waals surface area (Å²) in [4.78, 5) is 27.6. The van der Waals surface area contributed by atoms with E-state index in [9.17, 15) is 14.9 Å². The number of carbonyl (C=O) groups excluding carboxylic acids is 1. The SMILES string of the molecule is COc1ccc(C)cc1CN(C)C(=O)c1ccc(N2CCOCC2)c([N+](=O)[O-])c1. The summed E-state index contributed by atoms with van der Waals surface area (Å²) in [6.07, 6.45) is 0. The Morgan fingerprint density at radius 1 is 1.24 bits per heavy atom. The van der Waals surface area contributed by atoms with E-state index in [2.05, 4.69) is 0 Å². The zero-order valence-corrected chi connectivity index (χ0v) is 16.9. The van der Waals surface area contributed by atoms with Gasteiger partial charge in [0.05, 0.1) is 25.2 Å². The molecule has 1 aliphatic rings. The van der Waals surface area contributed by atoms with Crippen molar-refractivity contribution in [2.75, 3.05) is 45.4 Å². The highest BCUT2D eigenvalue weighted by Crippen LogP contribution is 2.30. The van der Waals surface area contributed by atoms with Gasteiger partial charge in [0, 0.05) is 43.9 Å². The molecular weight excluding hydrogens is 374 g/mol. The van der Waals surface area contributed by atoms with Crippen LogP contribution in [0, 0.1) is 17.0 Å². The number of morpholine rings is 1. The van der Waals surface area contributed by atoms with Gasteiger partial charge in [-0.1, -0.05) is 17.7 Å². The molecule has 0 spiro atoms. The number of methoxy groups -OCH3 is 1. The minimum Gasteiger partial charge on any atom is -0.496 e. The van der Waals surface area contributed by atoms with Gasteiger partial charge in [-0.15, -0.1) is 0 Å². The van der Waals surface area contributed by atoms with Crippen LogP contribution in [0.15, 0.2) is 36.4 Å². The van der Waals surface area contributed by atoms with Crippen molar-refractivity contribution in [3.8, 4) is 5.75 Å². The van der Waals surface area contributed by atoms with Gasteiger partial charge in [-0.05, 0) is 25.1 Å². The summed E-state index contributed by atoms with van der Waals surface area (Å²) in [5.41, 5.74) is 2.66. The fraction of sp³-hybridized carbons (Fsp3) is 0.381. The van der Waals surface area contributed by atoms with Crippen LogP contribution in [0.5, 0.6) is 5.75 Å². The third kappa shape index (κ3) is 4.65. The summed E-state index contributed by atoms with van der Waals surface area (Å²) in [5.74, 6) is 0.411. The second kappa shape index (κ2) is 8.91. The minimum atomic E-state index is -0.439. The van der Waals surface area contributed by atoms with Crippen LogP contribution in [0.2, 0.25) is 0 Å². The van der Waals surface area contributed by atoms with E-state index in [1.807, 2.05) is 30.0 Å². The lowest BCUT2D eigenvalue weighted by atomic mass is 10.1. The number of nitro groups is 1. The lowest BCUT2D eigenvalue weighted by Gasteiger charge is -2.28. The Morgan fingerprint density at radius 3 is 2.62 bits per heavy atom. The average molecular weight is 399 g/mol. The van der Waals surface area contributed by atoms with Crippen LogP contribution in [0.4, 0.5) is 11.4 Å². The van der Waals surface area contributed by atoms with Crippen LogP contribution < -0.4 is 9.64 Å².